The minimum atomic E-state index is -3.61. The van der Waals surface area contributed by atoms with Crippen molar-refractivity contribution in [3.05, 3.63) is 29.8 Å². The van der Waals surface area contributed by atoms with Crippen molar-refractivity contribution in [3.8, 4) is 0 Å². The highest BCUT2D eigenvalue weighted by atomic mass is 32.2. The number of hydrogen-bond acceptors (Lipinski definition) is 4. The summed E-state index contributed by atoms with van der Waals surface area (Å²) in [5.74, 6) is 0. The van der Waals surface area contributed by atoms with E-state index in [-0.39, 0.29) is 16.7 Å². The van der Waals surface area contributed by atoms with Crippen LogP contribution in [-0.4, -0.2) is 35.8 Å². The van der Waals surface area contributed by atoms with Crippen LogP contribution in [0.2, 0.25) is 0 Å². The van der Waals surface area contributed by atoms with E-state index in [0.717, 1.165) is 0 Å². The van der Waals surface area contributed by atoms with Crippen LogP contribution in [0.3, 0.4) is 0 Å². The van der Waals surface area contributed by atoms with Crippen molar-refractivity contribution >= 4 is 20.8 Å². The second kappa shape index (κ2) is 8.03. The molecule has 0 aliphatic heterocycles. The van der Waals surface area contributed by atoms with Crippen LogP contribution in [-0.2, 0) is 20.8 Å². The zero-order valence-electron chi connectivity index (χ0n) is 12.6. The first kappa shape index (κ1) is 18.3. The maximum atomic E-state index is 12.2. The van der Waals surface area contributed by atoms with Gasteiger partial charge in [-0.3, -0.25) is 4.21 Å². The van der Waals surface area contributed by atoms with Crippen molar-refractivity contribution in [2.45, 2.75) is 42.9 Å². The molecule has 0 aliphatic carbocycles. The highest BCUT2D eigenvalue weighted by Gasteiger charge is 2.16. The average Bonchev–Trinajstić information content (AvgIpc) is 2.46. The molecule has 3 unspecified atom stereocenters. The van der Waals surface area contributed by atoms with E-state index in [9.17, 15) is 17.7 Å². The van der Waals surface area contributed by atoms with Crippen molar-refractivity contribution in [2.75, 3.05) is 12.8 Å². The molecular weight excluding hydrogens is 310 g/mol. The van der Waals surface area contributed by atoms with Gasteiger partial charge in [-0.25, -0.2) is 13.1 Å². The standard InChI is InChI=1S/C14H23NO4S2/c1-4-14(16)12-6-5-7-13(10-12)21(18,19)15-9-8-11(2)20(3)17/h5-7,10-11,14-16H,4,8-9H2,1-3H3. The van der Waals surface area contributed by atoms with E-state index in [2.05, 4.69) is 4.72 Å². The lowest BCUT2D eigenvalue weighted by atomic mass is 10.1. The molecule has 0 amide bonds. The second-order valence-electron chi connectivity index (χ2n) is 4.99. The van der Waals surface area contributed by atoms with E-state index in [1.54, 1.807) is 18.4 Å². The lowest BCUT2D eigenvalue weighted by Crippen LogP contribution is -2.27. The lowest BCUT2D eigenvalue weighted by Gasteiger charge is -2.12. The van der Waals surface area contributed by atoms with E-state index in [1.165, 1.54) is 12.1 Å². The van der Waals surface area contributed by atoms with E-state index in [0.29, 0.717) is 18.4 Å². The zero-order valence-corrected chi connectivity index (χ0v) is 14.2. The van der Waals surface area contributed by atoms with Crippen molar-refractivity contribution in [3.63, 3.8) is 0 Å². The Labute approximate surface area is 129 Å². The molecule has 0 radical (unpaired) electrons. The monoisotopic (exact) mass is 333 g/mol. The molecule has 0 fully saturated rings. The highest BCUT2D eigenvalue weighted by Crippen LogP contribution is 2.19. The Morgan fingerprint density at radius 2 is 2.05 bits per heavy atom. The fraction of sp³-hybridized carbons (Fsp3) is 0.571. The van der Waals surface area contributed by atoms with Crippen molar-refractivity contribution in [2.24, 2.45) is 0 Å². The first-order valence-electron chi connectivity index (χ1n) is 6.87. The Bertz CT molecular complexity index is 586. The van der Waals surface area contributed by atoms with Gasteiger partial charge in [-0.1, -0.05) is 26.0 Å². The molecule has 1 aromatic carbocycles. The molecule has 3 atom stereocenters. The van der Waals surface area contributed by atoms with Gasteiger partial charge in [0, 0.05) is 28.9 Å². The summed E-state index contributed by atoms with van der Waals surface area (Å²) < 4.78 is 38.1. The molecule has 0 bridgehead atoms. The lowest BCUT2D eigenvalue weighted by molar-refractivity contribution is 0.173. The summed E-state index contributed by atoms with van der Waals surface area (Å²) in [6, 6.07) is 6.30. The van der Waals surface area contributed by atoms with Gasteiger partial charge in [-0.05, 0) is 30.5 Å². The van der Waals surface area contributed by atoms with Crippen LogP contribution < -0.4 is 4.72 Å². The minimum absolute atomic E-state index is 0.0547. The number of benzene rings is 1. The normalized spacial score (nSPS) is 16.4. The van der Waals surface area contributed by atoms with Crippen LogP contribution >= 0.6 is 0 Å². The molecule has 1 aromatic rings. The summed E-state index contributed by atoms with van der Waals surface area (Å²) in [5, 5.41) is 9.73. The molecule has 2 N–H and O–H groups in total. The first-order valence-corrected chi connectivity index (χ1v) is 9.98. The maximum absolute atomic E-state index is 12.2. The molecule has 0 saturated carbocycles. The maximum Gasteiger partial charge on any atom is 0.240 e. The number of aliphatic hydroxyl groups excluding tert-OH is 1. The Morgan fingerprint density at radius 1 is 1.38 bits per heavy atom. The SMILES string of the molecule is CCC(O)c1cccc(S(=O)(=O)NCCC(C)S(C)=O)c1. The predicted octanol–water partition coefficient (Wildman–Crippen LogP) is 1.57. The first-order chi connectivity index (χ1) is 9.77. The number of hydrogen-bond donors (Lipinski definition) is 2. The molecular formula is C14H23NO4S2. The fourth-order valence-electron chi connectivity index (χ4n) is 1.77. The van der Waals surface area contributed by atoms with Gasteiger partial charge in [0.2, 0.25) is 10.0 Å². The predicted molar refractivity (Wildman–Crippen MR) is 85.0 cm³/mol. The molecule has 0 aromatic heterocycles. The summed E-state index contributed by atoms with van der Waals surface area (Å²) in [6.07, 6.45) is 1.98. The Balaban J connectivity index is 2.77. The highest BCUT2D eigenvalue weighted by molar-refractivity contribution is 7.89. The summed E-state index contributed by atoms with van der Waals surface area (Å²) in [5.41, 5.74) is 0.586. The van der Waals surface area contributed by atoms with Gasteiger partial charge in [-0.15, -0.1) is 0 Å². The second-order valence-corrected chi connectivity index (χ2v) is 8.56. The molecule has 0 saturated heterocycles. The molecule has 0 heterocycles. The van der Waals surface area contributed by atoms with Gasteiger partial charge in [0.05, 0.1) is 11.0 Å². The molecule has 120 valence electrons. The largest absolute Gasteiger partial charge is 0.388 e. The smallest absolute Gasteiger partial charge is 0.240 e. The van der Waals surface area contributed by atoms with Crippen molar-refractivity contribution < 1.29 is 17.7 Å². The van der Waals surface area contributed by atoms with Gasteiger partial charge >= 0.3 is 0 Å². The van der Waals surface area contributed by atoms with Gasteiger partial charge in [0.1, 0.15) is 0 Å². The van der Waals surface area contributed by atoms with Gasteiger partial charge in [0.25, 0.3) is 0 Å². The average molecular weight is 333 g/mol. The molecule has 21 heavy (non-hydrogen) atoms. The topological polar surface area (TPSA) is 83.5 Å². The van der Waals surface area contributed by atoms with Gasteiger partial charge in [0.15, 0.2) is 0 Å². The van der Waals surface area contributed by atoms with Gasteiger partial charge < -0.3 is 5.11 Å². The number of nitrogens with one attached hydrogen (secondary N) is 1. The van der Waals surface area contributed by atoms with Crippen LogP contribution in [0.1, 0.15) is 38.4 Å². The third kappa shape index (κ3) is 5.50. The molecule has 7 heteroatoms. The Kier molecular flexibility index (Phi) is 6.99. The van der Waals surface area contributed by atoms with Crippen molar-refractivity contribution in [1.29, 1.82) is 0 Å². The quantitative estimate of drug-likeness (QED) is 0.756. The molecule has 0 spiro atoms. The number of aliphatic hydroxyl groups is 1. The van der Waals surface area contributed by atoms with Crippen LogP contribution in [0, 0.1) is 0 Å². The third-order valence-electron chi connectivity index (χ3n) is 3.35. The van der Waals surface area contributed by atoms with Crippen LogP contribution in [0.15, 0.2) is 29.2 Å². The van der Waals surface area contributed by atoms with Crippen LogP contribution in [0.25, 0.3) is 0 Å². The Hall–Kier alpha value is -0.760. The Morgan fingerprint density at radius 3 is 2.62 bits per heavy atom. The number of rotatable bonds is 8. The summed E-state index contributed by atoms with van der Waals surface area (Å²) in [7, 11) is -4.57. The summed E-state index contributed by atoms with van der Waals surface area (Å²) >= 11 is 0. The van der Waals surface area contributed by atoms with Gasteiger partial charge in [-0.2, -0.15) is 0 Å². The van der Waals surface area contributed by atoms with E-state index in [1.807, 2.05) is 13.8 Å². The third-order valence-corrected chi connectivity index (χ3v) is 6.18. The van der Waals surface area contributed by atoms with Crippen LogP contribution in [0.4, 0.5) is 0 Å². The minimum Gasteiger partial charge on any atom is -0.388 e. The molecule has 1 rings (SSSR count). The molecule has 5 nitrogen and oxygen atoms in total. The summed E-state index contributed by atoms with van der Waals surface area (Å²) in [6.45, 7) is 3.89. The summed E-state index contributed by atoms with van der Waals surface area (Å²) in [4.78, 5) is 0.137. The number of sulfonamides is 1. The molecule has 0 aliphatic rings. The fourth-order valence-corrected chi connectivity index (χ4v) is 3.32. The van der Waals surface area contributed by atoms with E-state index in [4.69, 9.17) is 0 Å². The zero-order chi connectivity index (χ0) is 16.0. The van der Waals surface area contributed by atoms with E-state index < -0.39 is 26.9 Å². The van der Waals surface area contributed by atoms with E-state index >= 15 is 0 Å². The van der Waals surface area contributed by atoms with Crippen molar-refractivity contribution in [1.82, 2.24) is 4.72 Å². The van der Waals surface area contributed by atoms with Crippen LogP contribution in [0.5, 0.6) is 0 Å².